The average Bonchev–Trinajstić information content (AvgIpc) is 1.80. The van der Waals surface area contributed by atoms with Gasteiger partial charge in [-0.3, -0.25) is 0 Å². The van der Waals surface area contributed by atoms with Crippen molar-refractivity contribution in [1.82, 2.24) is 0 Å². The first-order chi connectivity index (χ1) is 41.4. The van der Waals surface area contributed by atoms with Gasteiger partial charge < -0.3 is 14.7 Å². The molecule has 15 rings (SSSR count). The fourth-order valence-electron chi connectivity index (χ4n) is 19.1. The Morgan fingerprint density at radius 3 is 1.40 bits per heavy atom. The number of nitrogens with zero attached hydrogens (tertiary/aromatic N) is 3. The second kappa shape index (κ2) is 18.7. The highest BCUT2D eigenvalue weighted by Crippen LogP contribution is 2.64. The van der Waals surface area contributed by atoms with Gasteiger partial charge in [0.05, 0.1) is 11.2 Å². The predicted octanol–water partition coefficient (Wildman–Crippen LogP) is 21.1. The van der Waals surface area contributed by atoms with E-state index in [0.717, 1.165) is 38.5 Å². The Morgan fingerprint density at radius 1 is 0.375 bits per heavy atom. The molecule has 0 saturated heterocycles. The van der Waals surface area contributed by atoms with Gasteiger partial charge in [-0.15, -0.1) is 0 Å². The van der Waals surface area contributed by atoms with Crippen LogP contribution in [-0.4, -0.2) is 12.3 Å². The second-order valence-corrected chi connectivity index (χ2v) is 34.2. The lowest BCUT2D eigenvalue weighted by molar-refractivity contribution is 0.195. The molecule has 0 amide bonds. The van der Waals surface area contributed by atoms with Crippen LogP contribution in [0.4, 0.5) is 45.5 Å². The summed E-state index contributed by atoms with van der Waals surface area (Å²) in [5, 5.41) is 0. The zero-order valence-electron chi connectivity index (χ0n) is 56.6. The molecule has 7 aliphatic rings. The normalized spacial score (nSPS) is 23.2. The van der Waals surface area contributed by atoms with Crippen LogP contribution in [0.15, 0.2) is 146 Å². The van der Waals surface area contributed by atoms with Gasteiger partial charge >= 0.3 is 0 Å². The molecule has 3 heterocycles. The van der Waals surface area contributed by atoms with Crippen molar-refractivity contribution in [2.75, 3.05) is 14.7 Å². The van der Waals surface area contributed by atoms with Crippen molar-refractivity contribution in [3.05, 3.63) is 196 Å². The number of anilines is 8. The van der Waals surface area contributed by atoms with E-state index in [0.29, 0.717) is 0 Å². The fourth-order valence-corrected chi connectivity index (χ4v) is 19.1. The van der Waals surface area contributed by atoms with Crippen LogP contribution in [0, 0.1) is 6.92 Å². The van der Waals surface area contributed by atoms with Crippen LogP contribution < -0.4 is 31.1 Å². The van der Waals surface area contributed by atoms with Crippen LogP contribution in [0.2, 0.25) is 0 Å². The van der Waals surface area contributed by atoms with Crippen molar-refractivity contribution >= 4 is 68.6 Å². The summed E-state index contributed by atoms with van der Waals surface area (Å²) in [6, 6.07) is 59.3. The van der Waals surface area contributed by atoms with E-state index in [1.54, 1.807) is 0 Å². The first kappa shape index (κ1) is 57.7. The van der Waals surface area contributed by atoms with Crippen molar-refractivity contribution < 1.29 is 0 Å². The van der Waals surface area contributed by atoms with Crippen molar-refractivity contribution in [2.24, 2.45) is 0 Å². The Kier molecular flexibility index (Phi) is 12.2. The minimum absolute atomic E-state index is 0.000597. The summed E-state index contributed by atoms with van der Waals surface area (Å²) >= 11 is 0. The Balaban J connectivity index is 1.13. The van der Waals surface area contributed by atoms with Gasteiger partial charge in [-0.1, -0.05) is 215 Å². The van der Waals surface area contributed by atoms with E-state index in [2.05, 4.69) is 285 Å². The van der Waals surface area contributed by atoms with Gasteiger partial charge in [0.15, 0.2) is 0 Å². The maximum absolute atomic E-state index is 2.89. The number of hydrogen-bond acceptors (Lipinski definition) is 3. The molecule has 4 heteroatoms. The van der Waals surface area contributed by atoms with E-state index in [1.807, 2.05) is 0 Å². The van der Waals surface area contributed by atoms with Crippen LogP contribution >= 0.6 is 0 Å². The van der Waals surface area contributed by atoms with E-state index < -0.39 is 0 Å². The summed E-state index contributed by atoms with van der Waals surface area (Å²) in [6.45, 7) is 45.0. The average molecular weight is 1160 g/mol. The lowest BCUT2D eigenvalue weighted by Gasteiger charge is -2.51. The molecule has 2 unspecified atom stereocenters. The van der Waals surface area contributed by atoms with E-state index in [4.69, 9.17) is 0 Å². The molecule has 8 aromatic rings. The Morgan fingerprint density at radius 2 is 0.841 bits per heavy atom. The van der Waals surface area contributed by atoms with Crippen LogP contribution in [0.25, 0.3) is 22.3 Å². The first-order valence-electron chi connectivity index (χ1n) is 33.9. The molecule has 4 aliphatic carbocycles. The van der Waals surface area contributed by atoms with Crippen LogP contribution in [-0.2, 0) is 43.3 Å². The molecule has 450 valence electrons. The Bertz CT molecular complexity index is 4240. The lowest BCUT2D eigenvalue weighted by Crippen LogP contribution is -2.62. The van der Waals surface area contributed by atoms with Crippen LogP contribution in [0.1, 0.15) is 226 Å². The molecule has 2 atom stereocenters. The van der Waals surface area contributed by atoms with Gasteiger partial charge in [-0.2, -0.15) is 0 Å². The molecule has 0 bridgehead atoms. The van der Waals surface area contributed by atoms with Gasteiger partial charge in [0.25, 0.3) is 6.71 Å². The van der Waals surface area contributed by atoms with Gasteiger partial charge in [0, 0.05) is 50.8 Å². The third kappa shape index (κ3) is 8.19. The van der Waals surface area contributed by atoms with E-state index in [9.17, 15) is 0 Å². The number of aryl methyl sites for hydroxylation is 1. The molecule has 1 fully saturated rings. The zero-order valence-corrected chi connectivity index (χ0v) is 56.6. The smallest absolute Gasteiger partial charge is 0.252 e. The van der Waals surface area contributed by atoms with Gasteiger partial charge in [-0.25, -0.2) is 0 Å². The number of hydrogen-bond donors (Lipinski definition) is 0. The highest BCUT2D eigenvalue weighted by molar-refractivity contribution is 7.00. The van der Waals surface area contributed by atoms with Crippen molar-refractivity contribution in [2.45, 2.75) is 231 Å². The molecule has 0 spiro atoms. The molecule has 1 saturated carbocycles. The van der Waals surface area contributed by atoms with E-state index >= 15 is 0 Å². The maximum Gasteiger partial charge on any atom is 0.252 e. The summed E-state index contributed by atoms with van der Waals surface area (Å²) in [5.41, 5.74) is 32.8. The topological polar surface area (TPSA) is 9.72 Å². The zero-order chi connectivity index (χ0) is 62.0. The molecule has 0 radical (unpaired) electrons. The standard InChI is InChI=1S/C84H96BN3/c1-52-41-59-62(79(9,10)39-37-77(59,5)6)48-70(52)87-72-50-64-61(81(13,14)51-82(64,15)16)47-67(72)85-66-46-60-63(80(11,12)40-38-78(60,7)8)49-71(66)86(68-34-32-56(76(2,3)4)43-58(68)54-29-23-20-24-30-54)73-44-57(45-74(87)75(73)85)88-69-33-31-55(53-27-21-19-22-28-53)42-65(69)83(17)35-25-26-36-84(83,88)18/h19-24,27-34,41-50H,25-26,35-40,51H2,1-18H3. The predicted molar refractivity (Wildman–Crippen MR) is 379 cm³/mol. The monoisotopic (exact) mass is 1160 g/mol. The summed E-state index contributed by atoms with van der Waals surface area (Å²) in [7, 11) is 0. The quantitative estimate of drug-likeness (QED) is 0.159. The van der Waals surface area contributed by atoms with Gasteiger partial charge in [0.2, 0.25) is 0 Å². The summed E-state index contributed by atoms with van der Waals surface area (Å²) in [6.07, 6.45) is 10.5. The molecule has 0 aromatic heterocycles. The second-order valence-electron chi connectivity index (χ2n) is 34.2. The molecule has 3 nitrogen and oxygen atoms in total. The number of rotatable bonds is 5. The number of fused-ring (bicyclic) bond motifs is 10. The molecule has 3 aliphatic heterocycles. The molecular weight excluding hydrogens is 1060 g/mol. The summed E-state index contributed by atoms with van der Waals surface area (Å²) in [4.78, 5) is 8.55. The lowest BCUT2D eigenvalue weighted by atomic mass is 9.33. The molecule has 0 N–H and O–H groups in total. The first-order valence-corrected chi connectivity index (χ1v) is 33.9. The summed E-state index contributed by atoms with van der Waals surface area (Å²) < 4.78 is 0. The minimum Gasteiger partial charge on any atom is -0.334 e. The highest BCUT2D eigenvalue weighted by Gasteiger charge is 2.59. The minimum atomic E-state index is -0.204. The molecular formula is C84H96BN3. The SMILES string of the molecule is Cc1cc2c(cc1N1c3cc4c(cc3B3c5cc6c(cc5N(c5ccc(C(C)(C)C)cc5-c5ccccc5)c5cc(N7c8ccc(-c9ccccc9)cc8C8(C)CCCCC78C)cc1c53)C(C)(C)CCC6(C)C)C(C)(C)CC4(C)C)C(C)(C)CCC2(C)C. The largest absolute Gasteiger partial charge is 0.334 e. The molecule has 88 heavy (non-hydrogen) atoms. The number of benzene rings is 8. The van der Waals surface area contributed by atoms with Gasteiger partial charge in [0.1, 0.15) is 0 Å². The Labute approximate surface area is 529 Å². The summed E-state index contributed by atoms with van der Waals surface area (Å²) in [5.74, 6) is 0. The Hall–Kier alpha value is -6.78. The third-order valence-electron chi connectivity index (χ3n) is 24.6. The maximum atomic E-state index is 2.89. The van der Waals surface area contributed by atoms with Gasteiger partial charge in [-0.05, 0) is 234 Å². The van der Waals surface area contributed by atoms with Crippen LogP contribution in [0.3, 0.4) is 0 Å². The van der Waals surface area contributed by atoms with E-state index in [-0.39, 0.29) is 55.6 Å². The van der Waals surface area contributed by atoms with Crippen molar-refractivity contribution in [3.8, 4) is 22.3 Å². The van der Waals surface area contributed by atoms with Crippen molar-refractivity contribution in [3.63, 3.8) is 0 Å². The highest BCUT2D eigenvalue weighted by atomic mass is 15.3. The van der Waals surface area contributed by atoms with E-state index in [1.165, 1.54) is 153 Å². The molecule has 8 aromatic carbocycles. The fraction of sp³-hybridized carbons (Fsp3) is 0.429. The third-order valence-corrected chi connectivity index (χ3v) is 24.6. The van der Waals surface area contributed by atoms with Crippen LogP contribution in [0.5, 0.6) is 0 Å². The van der Waals surface area contributed by atoms with Crippen molar-refractivity contribution in [1.29, 1.82) is 0 Å².